The van der Waals surface area contributed by atoms with Crippen LogP contribution in [0, 0.1) is 5.92 Å². The first-order valence-electron chi connectivity index (χ1n) is 7.70. The van der Waals surface area contributed by atoms with Crippen LogP contribution in [0.25, 0.3) is 0 Å². The maximum absolute atomic E-state index is 12.6. The number of thioether (sulfide) groups is 1. The van der Waals surface area contributed by atoms with Crippen molar-refractivity contribution in [2.45, 2.75) is 17.2 Å². The summed E-state index contributed by atoms with van der Waals surface area (Å²) in [6.45, 7) is 1.18. The predicted octanol–water partition coefficient (Wildman–Crippen LogP) is 4.06. The van der Waals surface area contributed by atoms with Gasteiger partial charge in [-0.15, -0.1) is 10.2 Å². The zero-order valence-corrected chi connectivity index (χ0v) is 16.3. The van der Waals surface area contributed by atoms with Crippen LogP contribution in [-0.2, 0) is 4.79 Å². The smallest absolute Gasteiger partial charge is 0.233 e. The van der Waals surface area contributed by atoms with Gasteiger partial charge in [0, 0.05) is 24.6 Å². The highest BCUT2D eigenvalue weighted by Crippen LogP contribution is 2.27. The van der Waals surface area contributed by atoms with Gasteiger partial charge in [-0.05, 0) is 31.0 Å². The van der Waals surface area contributed by atoms with E-state index in [1.54, 1.807) is 23.7 Å². The van der Waals surface area contributed by atoms with Gasteiger partial charge < -0.3 is 4.90 Å². The number of hydrogen-bond acceptors (Lipinski definition) is 6. The number of carbonyl (C=O) groups excluding carboxylic acids is 2. The molecule has 0 saturated carbocycles. The molecule has 132 valence electrons. The molecule has 1 amide bonds. The first-order chi connectivity index (χ1) is 12.0. The van der Waals surface area contributed by atoms with E-state index in [4.69, 9.17) is 23.2 Å². The van der Waals surface area contributed by atoms with Crippen LogP contribution < -0.4 is 0 Å². The Morgan fingerprint density at radius 3 is 2.64 bits per heavy atom. The Balaban J connectivity index is 1.51. The maximum atomic E-state index is 12.6. The quantitative estimate of drug-likeness (QED) is 0.544. The number of Topliss-reactive ketones (excluding diaryl/α,β-unsaturated/α-hetero) is 1. The van der Waals surface area contributed by atoms with Gasteiger partial charge in [-0.2, -0.15) is 0 Å². The van der Waals surface area contributed by atoms with Crippen molar-refractivity contribution in [1.82, 2.24) is 15.1 Å². The van der Waals surface area contributed by atoms with Crippen molar-refractivity contribution in [1.29, 1.82) is 0 Å². The number of hydrogen-bond donors (Lipinski definition) is 0. The minimum atomic E-state index is -0.0860. The van der Waals surface area contributed by atoms with E-state index in [2.05, 4.69) is 10.2 Å². The summed E-state index contributed by atoms with van der Waals surface area (Å²) in [6, 6.07) is 4.95. The zero-order chi connectivity index (χ0) is 17.8. The third-order valence-electron chi connectivity index (χ3n) is 4.08. The third kappa shape index (κ3) is 4.73. The van der Waals surface area contributed by atoms with Crippen LogP contribution in [0.3, 0.4) is 0 Å². The molecule has 2 aromatic rings. The second-order valence-electron chi connectivity index (χ2n) is 5.64. The van der Waals surface area contributed by atoms with Crippen molar-refractivity contribution in [2.24, 2.45) is 5.92 Å². The number of aromatic nitrogens is 2. The van der Waals surface area contributed by atoms with Crippen LogP contribution >= 0.6 is 46.3 Å². The van der Waals surface area contributed by atoms with Crippen molar-refractivity contribution in [3.8, 4) is 0 Å². The lowest BCUT2D eigenvalue weighted by atomic mass is 9.89. The molecule has 2 heterocycles. The SMILES string of the molecule is O=C(c1ccc(Cl)c(Cl)c1)C1CCN(C(=O)CSc2nncs2)CC1. The maximum Gasteiger partial charge on any atom is 0.233 e. The van der Waals surface area contributed by atoms with Crippen LogP contribution in [0.4, 0.5) is 0 Å². The van der Waals surface area contributed by atoms with Crippen LogP contribution in [0.15, 0.2) is 28.0 Å². The molecule has 0 aliphatic carbocycles. The van der Waals surface area contributed by atoms with E-state index in [0.29, 0.717) is 47.3 Å². The lowest BCUT2D eigenvalue weighted by molar-refractivity contribution is -0.129. The number of amides is 1. The number of rotatable bonds is 5. The molecule has 0 spiro atoms. The fourth-order valence-corrected chi connectivity index (χ4v) is 4.41. The Hall–Kier alpha value is -1.15. The number of nitrogens with zero attached hydrogens (tertiary/aromatic N) is 3. The largest absolute Gasteiger partial charge is 0.342 e. The van der Waals surface area contributed by atoms with E-state index in [-0.39, 0.29) is 17.6 Å². The lowest BCUT2D eigenvalue weighted by Gasteiger charge is -2.31. The molecule has 0 bridgehead atoms. The standard InChI is InChI=1S/C16H15Cl2N3O2S2/c17-12-2-1-11(7-13(12)18)15(23)10-3-5-21(6-4-10)14(22)8-24-16-20-19-9-25-16/h1-2,7,9-10H,3-6,8H2. The molecule has 25 heavy (non-hydrogen) atoms. The summed E-state index contributed by atoms with van der Waals surface area (Å²) in [7, 11) is 0. The van der Waals surface area contributed by atoms with Gasteiger partial charge in [-0.3, -0.25) is 9.59 Å². The Labute approximate surface area is 163 Å². The molecular weight excluding hydrogens is 401 g/mol. The molecule has 1 aliphatic heterocycles. The summed E-state index contributed by atoms with van der Waals surface area (Å²) in [5.41, 5.74) is 2.22. The van der Waals surface area contributed by atoms with Crippen LogP contribution in [0.5, 0.6) is 0 Å². The van der Waals surface area contributed by atoms with Gasteiger partial charge in [-0.1, -0.05) is 46.3 Å². The molecule has 1 aliphatic rings. The molecule has 0 unspecified atom stereocenters. The average Bonchev–Trinajstić information content (AvgIpc) is 3.15. The van der Waals surface area contributed by atoms with E-state index in [1.165, 1.54) is 23.1 Å². The molecular formula is C16H15Cl2N3O2S2. The molecule has 1 aromatic carbocycles. The monoisotopic (exact) mass is 415 g/mol. The van der Waals surface area contributed by atoms with Crippen molar-refractivity contribution >= 4 is 58.0 Å². The molecule has 1 aromatic heterocycles. The zero-order valence-electron chi connectivity index (χ0n) is 13.2. The highest BCUT2D eigenvalue weighted by atomic mass is 35.5. The number of ketones is 1. The van der Waals surface area contributed by atoms with Crippen molar-refractivity contribution in [3.05, 3.63) is 39.3 Å². The summed E-state index contributed by atoms with van der Waals surface area (Å²) >= 11 is 14.7. The normalized spacial score (nSPS) is 15.4. The minimum absolute atomic E-state index is 0.0638. The fraction of sp³-hybridized carbons (Fsp3) is 0.375. The number of benzene rings is 1. The summed E-state index contributed by atoms with van der Waals surface area (Å²) in [6.07, 6.45) is 1.32. The fourth-order valence-electron chi connectivity index (χ4n) is 2.72. The molecule has 5 nitrogen and oxygen atoms in total. The van der Waals surface area contributed by atoms with E-state index in [0.717, 1.165) is 4.34 Å². The first kappa shape index (κ1) is 18.6. The number of piperidine rings is 1. The lowest BCUT2D eigenvalue weighted by Crippen LogP contribution is -2.41. The van der Waals surface area contributed by atoms with Gasteiger partial charge in [0.2, 0.25) is 5.91 Å². The number of likely N-dealkylation sites (tertiary alicyclic amines) is 1. The van der Waals surface area contributed by atoms with Gasteiger partial charge in [0.1, 0.15) is 5.51 Å². The van der Waals surface area contributed by atoms with Gasteiger partial charge in [0.15, 0.2) is 10.1 Å². The van der Waals surface area contributed by atoms with Crippen molar-refractivity contribution in [2.75, 3.05) is 18.8 Å². The molecule has 0 N–H and O–H groups in total. The van der Waals surface area contributed by atoms with Crippen molar-refractivity contribution < 1.29 is 9.59 Å². The number of carbonyl (C=O) groups is 2. The third-order valence-corrected chi connectivity index (χ3v) is 6.67. The summed E-state index contributed by atoms with van der Waals surface area (Å²) in [4.78, 5) is 26.7. The Kier molecular flexibility index (Phi) is 6.33. The Bertz CT molecular complexity index is 763. The van der Waals surface area contributed by atoms with Crippen molar-refractivity contribution in [3.63, 3.8) is 0 Å². The van der Waals surface area contributed by atoms with E-state index < -0.39 is 0 Å². The highest BCUT2D eigenvalue weighted by Gasteiger charge is 2.28. The van der Waals surface area contributed by atoms with Gasteiger partial charge in [-0.25, -0.2) is 0 Å². The minimum Gasteiger partial charge on any atom is -0.342 e. The Morgan fingerprint density at radius 2 is 2.00 bits per heavy atom. The van der Waals surface area contributed by atoms with Gasteiger partial charge in [0.25, 0.3) is 0 Å². The molecule has 0 atom stereocenters. The summed E-state index contributed by atoms with van der Waals surface area (Å²) in [5.74, 6) is 0.396. The van der Waals surface area contributed by atoms with Crippen LogP contribution in [0.2, 0.25) is 10.0 Å². The van der Waals surface area contributed by atoms with Crippen LogP contribution in [-0.4, -0.2) is 45.6 Å². The van der Waals surface area contributed by atoms with E-state index >= 15 is 0 Å². The second kappa shape index (κ2) is 8.49. The first-order valence-corrected chi connectivity index (χ1v) is 10.3. The highest BCUT2D eigenvalue weighted by molar-refractivity contribution is 8.01. The molecule has 1 fully saturated rings. The molecule has 9 heteroatoms. The average molecular weight is 416 g/mol. The molecule has 1 saturated heterocycles. The van der Waals surface area contributed by atoms with Gasteiger partial charge >= 0.3 is 0 Å². The summed E-state index contributed by atoms with van der Waals surface area (Å²) in [5, 5.41) is 8.48. The Morgan fingerprint density at radius 1 is 1.24 bits per heavy atom. The van der Waals surface area contributed by atoms with E-state index in [1.807, 2.05) is 4.90 Å². The van der Waals surface area contributed by atoms with Crippen LogP contribution in [0.1, 0.15) is 23.2 Å². The second-order valence-corrected chi connectivity index (χ2v) is 8.51. The predicted molar refractivity (Wildman–Crippen MR) is 101 cm³/mol. The molecule has 3 rings (SSSR count). The topological polar surface area (TPSA) is 63.2 Å². The summed E-state index contributed by atoms with van der Waals surface area (Å²) < 4.78 is 0.790. The van der Waals surface area contributed by atoms with Gasteiger partial charge in [0.05, 0.1) is 15.8 Å². The van der Waals surface area contributed by atoms with E-state index in [9.17, 15) is 9.59 Å². The molecule has 0 radical (unpaired) electrons. The number of halogens is 2.